The summed E-state index contributed by atoms with van der Waals surface area (Å²) in [6.45, 7) is 6.81. The van der Waals surface area contributed by atoms with E-state index in [2.05, 4.69) is 39.2 Å². The lowest BCUT2D eigenvalue weighted by Gasteiger charge is -2.16. The molecule has 0 aliphatic carbocycles. The third-order valence-electron chi connectivity index (χ3n) is 4.79. The van der Waals surface area contributed by atoms with Crippen LogP contribution in [0, 0.1) is 6.92 Å². The molecule has 8 heteroatoms. The average molecular weight is 471 g/mol. The van der Waals surface area contributed by atoms with Crippen LogP contribution in [0.1, 0.15) is 37.0 Å². The van der Waals surface area contributed by atoms with Gasteiger partial charge < -0.3 is 9.30 Å². The number of benzene rings is 2. The SMILES string of the molecule is CCn1c(SCc2csc(-c3ccccc3)n2)nnc1C(C)Oc1ccc(Cl)c(C)c1. The molecule has 4 rings (SSSR count). The van der Waals surface area contributed by atoms with Gasteiger partial charge in [0.2, 0.25) is 0 Å². The summed E-state index contributed by atoms with van der Waals surface area (Å²) in [6.07, 6.45) is -0.230. The van der Waals surface area contributed by atoms with Crippen molar-refractivity contribution in [2.45, 2.75) is 44.3 Å². The first-order chi connectivity index (χ1) is 15.0. The zero-order chi connectivity index (χ0) is 21.8. The second-order valence-electron chi connectivity index (χ2n) is 7.05. The standard InChI is InChI=1S/C23H23ClN4OS2/c1-4-28-21(16(3)29-19-10-11-20(24)15(2)12-19)26-27-23(28)31-14-18-13-30-22(25-18)17-8-6-5-7-9-17/h5-13,16H,4,14H2,1-3H3. The van der Waals surface area contributed by atoms with Crippen LogP contribution < -0.4 is 4.74 Å². The van der Waals surface area contributed by atoms with Crippen molar-refractivity contribution in [3.63, 3.8) is 0 Å². The summed E-state index contributed by atoms with van der Waals surface area (Å²) in [4.78, 5) is 4.77. The molecule has 5 nitrogen and oxygen atoms in total. The molecule has 2 aromatic heterocycles. The van der Waals surface area contributed by atoms with Gasteiger partial charge in [0.15, 0.2) is 17.1 Å². The molecule has 0 radical (unpaired) electrons. The molecule has 0 fully saturated rings. The van der Waals surface area contributed by atoms with E-state index in [9.17, 15) is 0 Å². The van der Waals surface area contributed by atoms with Gasteiger partial charge in [0.1, 0.15) is 10.8 Å². The van der Waals surface area contributed by atoms with Crippen molar-refractivity contribution in [2.24, 2.45) is 0 Å². The Morgan fingerprint density at radius 1 is 1.16 bits per heavy atom. The maximum atomic E-state index is 6.12. The molecule has 0 amide bonds. The number of aromatic nitrogens is 4. The number of hydrogen-bond donors (Lipinski definition) is 0. The Balaban J connectivity index is 1.44. The van der Waals surface area contributed by atoms with Gasteiger partial charge in [-0.25, -0.2) is 4.98 Å². The first kappa shape index (κ1) is 21.9. The fraction of sp³-hybridized carbons (Fsp3) is 0.261. The predicted octanol–water partition coefficient (Wildman–Crippen LogP) is 6.82. The fourth-order valence-corrected chi connectivity index (χ4v) is 5.13. The van der Waals surface area contributed by atoms with Gasteiger partial charge in [-0.2, -0.15) is 0 Å². The number of thiazole rings is 1. The van der Waals surface area contributed by atoms with Crippen molar-refractivity contribution in [3.05, 3.63) is 76.0 Å². The Morgan fingerprint density at radius 3 is 2.71 bits per heavy atom. The monoisotopic (exact) mass is 470 g/mol. The lowest BCUT2D eigenvalue weighted by atomic mass is 10.2. The largest absolute Gasteiger partial charge is 0.483 e. The maximum Gasteiger partial charge on any atom is 0.191 e. The average Bonchev–Trinajstić information content (AvgIpc) is 3.42. The molecule has 0 spiro atoms. The number of aryl methyl sites for hydroxylation is 1. The number of thioether (sulfide) groups is 1. The van der Waals surface area contributed by atoms with Gasteiger partial charge >= 0.3 is 0 Å². The first-order valence-corrected chi connectivity index (χ1v) is 12.3. The molecule has 160 valence electrons. The number of ether oxygens (including phenoxy) is 1. The number of nitrogens with zero attached hydrogens (tertiary/aromatic N) is 4. The molecule has 0 aliphatic heterocycles. The van der Waals surface area contributed by atoms with Crippen LogP contribution in [0.4, 0.5) is 0 Å². The minimum Gasteiger partial charge on any atom is -0.483 e. The third-order valence-corrected chi connectivity index (χ3v) is 7.15. The van der Waals surface area contributed by atoms with E-state index in [1.54, 1.807) is 23.1 Å². The highest BCUT2D eigenvalue weighted by Crippen LogP contribution is 2.30. The van der Waals surface area contributed by atoms with Gasteiger partial charge in [-0.05, 0) is 44.5 Å². The second kappa shape index (κ2) is 9.85. The Labute approximate surface area is 195 Å². The Hall–Kier alpha value is -2.35. The molecule has 4 aromatic rings. The molecule has 2 heterocycles. The van der Waals surface area contributed by atoms with E-state index in [1.165, 1.54) is 0 Å². The number of rotatable bonds is 8. The summed E-state index contributed by atoms with van der Waals surface area (Å²) in [5, 5.41) is 13.6. The summed E-state index contributed by atoms with van der Waals surface area (Å²) in [7, 11) is 0. The van der Waals surface area contributed by atoms with Crippen molar-refractivity contribution in [1.29, 1.82) is 0 Å². The lowest BCUT2D eigenvalue weighted by molar-refractivity contribution is 0.210. The van der Waals surface area contributed by atoms with Crippen molar-refractivity contribution < 1.29 is 4.74 Å². The van der Waals surface area contributed by atoms with Crippen molar-refractivity contribution in [1.82, 2.24) is 19.7 Å². The number of hydrogen-bond acceptors (Lipinski definition) is 6. The first-order valence-electron chi connectivity index (χ1n) is 10.0. The van der Waals surface area contributed by atoms with Crippen LogP contribution in [0.25, 0.3) is 10.6 Å². The van der Waals surface area contributed by atoms with Crippen molar-refractivity contribution in [3.8, 4) is 16.3 Å². The van der Waals surface area contributed by atoms with E-state index in [-0.39, 0.29) is 6.10 Å². The van der Waals surface area contributed by atoms with Crippen LogP contribution >= 0.6 is 34.7 Å². The highest BCUT2D eigenvalue weighted by molar-refractivity contribution is 7.98. The maximum absolute atomic E-state index is 6.12. The van der Waals surface area contributed by atoms with Gasteiger partial charge in [-0.3, -0.25) is 0 Å². The van der Waals surface area contributed by atoms with E-state index in [0.29, 0.717) is 0 Å². The Kier molecular flexibility index (Phi) is 6.95. The highest BCUT2D eigenvalue weighted by atomic mass is 35.5. The highest BCUT2D eigenvalue weighted by Gasteiger charge is 2.19. The van der Waals surface area contributed by atoms with Gasteiger partial charge in [-0.15, -0.1) is 21.5 Å². The predicted molar refractivity (Wildman–Crippen MR) is 128 cm³/mol. The second-order valence-corrected chi connectivity index (χ2v) is 9.26. The van der Waals surface area contributed by atoms with Crippen LogP contribution in [0.5, 0.6) is 5.75 Å². The van der Waals surface area contributed by atoms with Gasteiger partial charge in [0.25, 0.3) is 0 Å². The molecule has 0 saturated heterocycles. The molecular formula is C23H23ClN4OS2. The lowest BCUT2D eigenvalue weighted by Crippen LogP contribution is -2.12. The third kappa shape index (κ3) is 5.11. The van der Waals surface area contributed by atoms with E-state index < -0.39 is 0 Å². The van der Waals surface area contributed by atoms with Gasteiger partial charge in [0, 0.05) is 28.3 Å². The molecule has 0 saturated carbocycles. The van der Waals surface area contributed by atoms with E-state index in [0.717, 1.165) is 55.9 Å². The quantitative estimate of drug-likeness (QED) is 0.264. The van der Waals surface area contributed by atoms with Crippen LogP contribution in [-0.2, 0) is 12.3 Å². The van der Waals surface area contributed by atoms with Crippen molar-refractivity contribution >= 4 is 34.7 Å². The van der Waals surface area contributed by atoms with Crippen LogP contribution in [0.3, 0.4) is 0 Å². The van der Waals surface area contributed by atoms with Crippen LogP contribution in [0.15, 0.2) is 59.1 Å². The minimum absolute atomic E-state index is 0.230. The summed E-state index contributed by atoms with van der Waals surface area (Å²) < 4.78 is 8.21. The van der Waals surface area contributed by atoms with E-state index in [4.69, 9.17) is 21.3 Å². The zero-order valence-corrected chi connectivity index (χ0v) is 20.0. The van der Waals surface area contributed by atoms with E-state index in [1.807, 2.05) is 50.2 Å². The topological polar surface area (TPSA) is 52.8 Å². The smallest absolute Gasteiger partial charge is 0.191 e. The normalized spacial score (nSPS) is 12.1. The fourth-order valence-electron chi connectivity index (χ4n) is 3.18. The molecule has 0 N–H and O–H groups in total. The molecule has 2 aromatic carbocycles. The Bertz CT molecular complexity index is 1160. The molecule has 0 aliphatic rings. The Morgan fingerprint density at radius 2 is 1.97 bits per heavy atom. The zero-order valence-electron chi connectivity index (χ0n) is 17.6. The number of halogens is 1. The summed E-state index contributed by atoms with van der Waals surface area (Å²) in [5.41, 5.74) is 3.17. The van der Waals surface area contributed by atoms with Crippen molar-refractivity contribution in [2.75, 3.05) is 0 Å². The molecule has 1 atom stereocenters. The summed E-state index contributed by atoms with van der Waals surface area (Å²) in [5.74, 6) is 2.32. The summed E-state index contributed by atoms with van der Waals surface area (Å²) >= 11 is 9.42. The van der Waals surface area contributed by atoms with Crippen LogP contribution in [-0.4, -0.2) is 19.7 Å². The molecule has 1 unspecified atom stereocenters. The van der Waals surface area contributed by atoms with Gasteiger partial charge in [-0.1, -0.05) is 53.7 Å². The molecule has 0 bridgehead atoms. The van der Waals surface area contributed by atoms with Crippen LogP contribution in [0.2, 0.25) is 5.02 Å². The summed E-state index contributed by atoms with van der Waals surface area (Å²) in [6, 6.07) is 15.9. The minimum atomic E-state index is -0.230. The molecular weight excluding hydrogens is 448 g/mol. The van der Waals surface area contributed by atoms with Gasteiger partial charge in [0.05, 0.1) is 5.69 Å². The molecule has 31 heavy (non-hydrogen) atoms. The van der Waals surface area contributed by atoms with E-state index >= 15 is 0 Å².